The molecule has 3 aromatic rings. The summed E-state index contributed by atoms with van der Waals surface area (Å²) in [7, 11) is 0. The van der Waals surface area contributed by atoms with E-state index in [-0.39, 0.29) is 23.4 Å². The summed E-state index contributed by atoms with van der Waals surface area (Å²) in [5.74, 6) is 0.0112. The number of non-ortho nitro benzene ring substituents is 1. The Morgan fingerprint density at radius 2 is 1.90 bits per heavy atom. The summed E-state index contributed by atoms with van der Waals surface area (Å²) in [6.45, 7) is 6.59. The molecule has 0 aliphatic rings. The molecule has 0 fully saturated rings. The molecule has 0 atom stereocenters. The molecule has 0 saturated carbocycles. The quantitative estimate of drug-likeness (QED) is 0.374. The van der Waals surface area contributed by atoms with Crippen LogP contribution in [0, 0.1) is 10.1 Å². The van der Waals surface area contributed by atoms with Crippen molar-refractivity contribution in [1.82, 2.24) is 4.98 Å². The highest BCUT2D eigenvalue weighted by Gasteiger charge is 2.23. The number of nitrogens with one attached hydrogen (secondary N) is 1. The third kappa shape index (κ3) is 5.25. The summed E-state index contributed by atoms with van der Waals surface area (Å²) in [5, 5.41) is 25.6. The van der Waals surface area contributed by atoms with Crippen LogP contribution in [0.1, 0.15) is 42.5 Å². The summed E-state index contributed by atoms with van der Waals surface area (Å²) in [6, 6.07) is 11.7. The number of nitrogens with zero attached hydrogens (tertiary/aromatic N) is 2. The van der Waals surface area contributed by atoms with Gasteiger partial charge in [0.15, 0.2) is 5.13 Å². The number of aromatic nitrogens is 1. The lowest BCUT2D eigenvalue weighted by atomic mass is 9.90. The molecule has 3 rings (SSSR count). The van der Waals surface area contributed by atoms with Crippen molar-refractivity contribution < 1.29 is 10.0 Å². The molecular formula is C21H22ClN3O3S. The van der Waals surface area contributed by atoms with Gasteiger partial charge in [0, 0.05) is 46.0 Å². The normalized spacial score (nSPS) is 11.4. The summed E-state index contributed by atoms with van der Waals surface area (Å²) in [4.78, 5) is 16.4. The molecule has 1 heterocycles. The highest BCUT2D eigenvalue weighted by molar-refractivity contribution is 7.15. The Hall–Kier alpha value is -2.64. The van der Waals surface area contributed by atoms with Gasteiger partial charge in [-0.05, 0) is 23.8 Å². The minimum Gasteiger partial charge on any atom is -0.508 e. The van der Waals surface area contributed by atoms with Gasteiger partial charge in [0.25, 0.3) is 5.69 Å². The van der Waals surface area contributed by atoms with Crippen LogP contribution in [0.25, 0.3) is 0 Å². The highest BCUT2D eigenvalue weighted by Crippen LogP contribution is 2.34. The van der Waals surface area contributed by atoms with Crippen LogP contribution in [0.15, 0.2) is 42.5 Å². The molecule has 6 nitrogen and oxygen atoms in total. The molecule has 0 spiro atoms. The van der Waals surface area contributed by atoms with Crippen molar-refractivity contribution in [1.29, 1.82) is 0 Å². The Kier molecular flexibility index (Phi) is 6.10. The summed E-state index contributed by atoms with van der Waals surface area (Å²) in [5.41, 5.74) is 2.41. The zero-order chi connectivity index (χ0) is 21.2. The number of rotatable bonds is 6. The zero-order valence-corrected chi connectivity index (χ0v) is 18.0. The van der Waals surface area contributed by atoms with Gasteiger partial charge in [0.2, 0.25) is 0 Å². The zero-order valence-electron chi connectivity index (χ0n) is 16.4. The number of phenolic OH excluding ortho intramolecular Hbond substituents is 1. The van der Waals surface area contributed by atoms with E-state index < -0.39 is 4.92 Å². The van der Waals surface area contributed by atoms with Crippen LogP contribution in [0.4, 0.5) is 10.8 Å². The molecule has 0 radical (unpaired) electrons. The number of nitro benzene ring substituents is 1. The molecule has 0 unspecified atom stereocenters. The molecule has 0 aliphatic carbocycles. The molecule has 1 aromatic heterocycles. The van der Waals surface area contributed by atoms with Crippen LogP contribution in [0.2, 0.25) is 5.02 Å². The minimum atomic E-state index is -0.478. The van der Waals surface area contributed by atoms with Gasteiger partial charge in [-0.25, -0.2) is 4.98 Å². The summed E-state index contributed by atoms with van der Waals surface area (Å²) in [6.07, 6.45) is 0.741. The van der Waals surface area contributed by atoms with Crippen molar-refractivity contribution in [2.24, 2.45) is 0 Å². The van der Waals surface area contributed by atoms with Crippen molar-refractivity contribution in [2.45, 2.75) is 39.2 Å². The lowest BCUT2D eigenvalue weighted by molar-refractivity contribution is -0.384. The highest BCUT2D eigenvalue weighted by atomic mass is 35.5. The van der Waals surface area contributed by atoms with Crippen molar-refractivity contribution >= 4 is 33.8 Å². The second kappa shape index (κ2) is 8.39. The molecular weight excluding hydrogens is 410 g/mol. The maximum absolute atomic E-state index is 11.0. The van der Waals surface area contributed by atoms with E-state index in [0.29, 0.717) is 15.7 Å². The molecule has 29 heavy (non-hydrogen) atoms. The van der Waals surface area contributed by atoms with E-state index in [1.807, 2.05) is 24.3 Å². The van der Waals surface area contributed by atoms with E-state index in [0.717, 1.165) is 22.6 Å². The van der Waals surface area contributed by atoms with Gasteiger partial charge >= 0.3 is 0 Å². The third-order valence-electron chi connectivity index (χ3n) is 4.39. The fraction of sp³-hybridized carbons (Fsp3) is 0.286. The van der Waals surface area contributed by atoms with Gasteiger partial charge in [-0.3, -0.25) is 10.1 Å². The fourth-order valence-electron chi connectivity index (χ4n) is 2.92. The van der Waals surface area contributed by atoms with E-state index in [1.165, 1.54) is 18.2 Å². The first kappa shape index (κ1) is 21.1. The second-order valence-corrected chi connectivity index (χ2v) is 9.29. The number of nitro groups is 1. The lowest BCUT2D eigenvalue weighted by Gasteiger charge is -2.17. The van der Waals surface area contributed by atoms with Crippen molar-refractivity contribution in [3.05, 3.63) is 79.3 Å². The van der Waals surface area contributed by atoms with Gasteiger partial charge in [-0.15, -0.1) is 11.3 Å². The minimum absolute atomic E-state index is 0.0112. The standard InChI is InChI=1S/C21H22ClN3O3S/c1-21(2,3)19-18(10-13-4-6-15(22)7-5-13)29-20(24-19)23-12-14-11-16(25(27)28)8-9-17(14)26/h4-9,11,26H,10,12H2,1-3H3,(H,23,24). The lowest BCUT2D eigenvalue weighted by Crippen LogP contribution is -2.14. The fourth-order valence-corrected chi connectivity index (χ4v) is 4.25. The number of hydrogen-bond donors (Lipinski definition) is 2. The van der Waals surface area contributed by atoms with Gasteiger partial charge < -0.3 is 10.4 Å². The van der Waals surface area contributed by atoms with Gasteiger partial charge in [0.05, 0.1) is 10.6 Å². The topological polar surface area (TPSA) is 88.3 Å². The monoisotopic (exact) mass is 431 g/mol. The second-order valence-electron chi connectivity index (χ2n) is 7.77. The van der Waals surface area contributed by atoms with Crippen molar-refractivity contribution in [2.75, 3.05) is 5.32 Å². The molecule has 152 valence electrons. The summed E-state index contributed by atoms with van der Waals surface area (Å²) < 4.78 is 0. The Bertz CT molecular complexity index is 1030. The molecule has 2 aromatic carbocycles. The van der Waals surface area contributed by atoms with Crippen LogP contribution < -0.4 is 5.32 Å². The smallest absolute Gasteiger partial charge is 0.270 e. The van der Waals surface area contributed by atoms with Crippen LogP contribution in [-0.2, 0) is 18.4 Å². The Labute approximate surface area is 178 Å². The predicted octanol–water partition coefficient (Wildman–Crippen LogP) is 5.91. The average Bonchev–Trinajstić information content (AvgIpc) is 3.06. The third-order valence-corrected chi connectivity index (χ3v) is 5.65. The van der Waals surface area contributed by atoms with Crippen molar-refractivity contribution in [3.63, 3.8) is 0 Å². The van der Waals surface area contributed by atoms with E-state index in [2.05, 4.69) is 26.1 Å². The van der Waals surface area contributed by atoms with Crippen LogP contribution >= 0.6 is 22.9 Å². The van der Waals surface area contributed by atoms with E-state index in [4.69, 9.17) is 16.6 Å². The Balaban J connectivity index is 1.83. The Morgan fingerprint density at radius 1 is 1.21 bits per heavy atom. The van der Waals surface area contributed by atoms with E-state index in [9.17, 15) is 15.2 Å². The average molecular weight is 432 g/mol. The molecule has 0 amide bonds. The van der Waals surface area contributed by atoms with E-state index >= 15 is 0 Å². The van der Waals surface area contributed by atoms with Crippen molar-refractivity contribution in [3.8, 4) is 5.75 Å². The van der Waals surface area contributed by atoms with Crippen LogP contribution in [-0.4, -0.2) is 15.0 Å². The first-order valence-electron chi connectivity index (χ1n) is 9.08. The first-order chi connectivity index (χ1) is 13.6. The Morgan fingerprint density at radius 3 is 2.52 bits per heavy atom. The maximum atomic E-state index is 11.0. The molecule has 0 saturated heterocycles. The number of phenols is 1. The molecule has 8 heteroatoms. The van der Waals surface area contributed by atoms with Crippen LogP contribution in [0.3, 0.4) is 0 Å². The predicted molar refractivity (Wildman–Crippen MR) is 117 cm³/mol. The van der Waals surface area contributed by atoms with Gasteiger partial charge in [-0.2, -0.15) is 0 Å². The maximum Gasteiger partial charge on any atom is 0.270 e. The van der Waals surface area contributed by atoms with Gasteiger partial charge in [0.1, 0.15) is 5.75 Å². The number of hydrogen-bond acceptors (Lipinski definition) is 6. The first-order valence-corrected chi connectivity index (χ1v) is 10.3. The number of halogens is 1. The summed E-state index contributed by atoms with van der Waals surface area (Å²) >= 11 is 7.53. The van der Waals surface area contributed by atoms with E-state index in [1.54, 1.807) is 11.3 Å². The molecule has 0 aliphatic heterocycles. The van der Waals surface area contributed by atoms with Crippen LogP contribution in [0.5, 0.6) is 5.75 Å². The number of aromatic hydroxyl groups is 1. The number of anilines is 1. The number of benzene rings is 2. The molecule has 0 bridgehead atoms. The molecule has 2 N–H and O–H groups in total. The SMILES string of the molecule is CC(C)(C)c1nc(NCc2cc([N+](=O)[O-])ccc2O)sc1Cc1ccc(Cl)cc1. The number of thiazole rings is 1. The van der Waals surface area contributed by atoms with Gasteiger partial charge in [-0.1, -0.05) is 44.5 Å². The largest absolute Gasteiger partial charge is 0.508 e.